The molecule has 0 radical (unpaired) electrons. The van der Waals surface area contributed by atoms with Crippen molar-refractivity contribution in [3.8, 4) is 0 Å². The highest BCUT2D eigenvalue weighted by Crippen LogP contribution is 2.60. The molecule has 1 saturated carbocycles. The molecule has 110 valence electrons. The lowest BCUT2D eigenvalue weighted by Gasteiger charge is -2.44. The molecule has 1 fully saturated rings. The molecule has 3 atom stereocenters. The number of carbonyl (C=O) groups is 2. The van der Waals surface area contributed by atoms with Crippen molar-refractivity contribution in [1.29, 1.82) is 0 Å². The maximum atomic E-state index is 12.7. The van der Waals surface area contributed by atoms with Crippen LogP contribution in [0.25, 0.3) is 0 Å². The van der Waals surface area contributed by atoms with Gasteiger partial charge in [-0.3, -0.25) is 9.59 Å². The van der Waals surface area contributed by atoms with Gasteiger partial charge in [0.1, 0.15) is 11.6 Å². The Hall–Kier alpha value is -1.44. The maximum Gasteiger partial charge on any atom is 0.147 e. The van der Waals surface area contributed by atoms with Crippen LogP contribution in [-0.4, -0.2) is 11.6 Å². The van der Waals surface area contributed by atoms with E-state index in [0.29, 0.717) is 25.7 Å². The van der Waals surface area contributed by atoms with Gasteiger partial charge in [0.05, 0.1) is 5.41 Å². The minimum Gasteiger partial charge on any atom is -0.299 e. The molecule has 1 aliphatic rings. The molecule has 0 aromatic rings. The van der Waals surface area contributed by atoms with E-state index in [1.54, 1.807) is 13.0 Å². The Kier molecular flexibility index (Phi) is 4.90. The molecule has 2 nitrogen and oxygen atoms in total. The van der Waals surface area contributed by atoms with E-state index >= 15 is 0 Å². The fraction of sp³-hybridized carbons (Fsp3) is 0.556. The molecule has 0 aliphatic heterocycles. The lowest BCUT2D eigenvalue weighted by atomic mass is 9.57. The molecule has 0 spiro atoms. The van der Waals surface area contributed by atoms with Crippen LogP contribution in [0.4, 0.5) is 0 Å². The highest BCUT2D eigenvalue weighted by molar-refractivity contribution is 6.09. The summed E-state index contributed by atoms with van der Waals surface area (Å²) in [7, 11) is 0. The largest absolute Gasteiger partial charge is 0.299 e. The van der Waals surface area contributed by atoms with Crippen molar-refractivity contribution in [3.63, 3.8) is 0 Å². The van der Waals surface area contributed by atoms with Crippen molar-refractivity contribution < 1.29 is 9.59 Å². The Morgan fingerprint density at radius 2 is 1.95 bits per heavy atom. The first kappa shape index (κ1) is 16.6. The van der Waals surface area contributed by atoms with Crippen molar-refractivity contribution in [3.05, 3.63) is 37.5 Å². The number of hydrogen-bond donors (Lipinski definition) is 0. The first-order valence-corrected chi connectivity index (χ1v) is 7.19. The van der Waals surface area contributed by atoms with E-state index in [1.165, 1.54) is 0 Å². The smallest absolute Gasteiger partial charge is 0.147 e. The standard InChI is InChI=1S/C18H26O2/c1-7-9-11-18(14(5)19)16(20)12-15(13(3)4)17(18,6)10-8-2/h7-8,15H,1-3,9-12H2,4-6H3/t15-,17-,18+/m0/s1. The van der Waals surface area contributed by atoms with Crippen LogP contribution in [0.5, 0.6) is 0 Å². The first-order chi connectivity index (χ1) is 9.27. The van der Waals surface area contributed by atoms with Gasteiger partial charge in [0, 0.05) is 6.42 Å². The molecular weight excluding hydrogens is 248 g/mol. The van der Waals surface area contributed by atoms with Crippen LogP contribution in [0.1, 0.15) is 46.5 Å². The van der Waals surface area contributed by atoms with Crippen LogP contribution in [0.2, 0.25) is 0 Å². The Morgan fingerprint density at radius 1 is 1.35 bits per heavy atom. The summed E-state index contributed by atoms with van der Waals surface area (Å²) >= 11 is 0. The lowest BCUT2D eigenvalue weighted by molar-refractivity contribution is -0.144. The molecule has 20 heavy (non-hydrogen) atoms. The summed E-state index contributed by atoms with van der Waals surface area (Å²) in [6.07, 6.45) is 5.86. The van der Waals surface area contributed by atoms with Crippen LogP contribution in [0.15, 0.2) is 37.5 Å². The summed E-state index contributed by atoms with van der Waals surface area (Å²) in [4.78, 5) is 25.1. The van der Waals surface area contributed by atoms with Crippen LogP contribution >= 0.6 is 0 Å². The van der Waals surface area contributed by atoms with E-state index in [-0.39, 0.29) is 17.5 Å². The third-order valence-electron chi connectivity index (χ3n) is 5.10. The fourth-order valence-electron chi connectivity index (χ4n) is 4.05. The van der Waals surface area contributed by atoms with E-state index < -0.39 is 10.8 Å². The monoisotopic (exact) mass is 274 g/mol. The van der Waals surface area contributed by atoms with Crippen LogP contribution in [0, 0.1) is 16.7 Å². The van der Waals surface area contributed by atoms with Crippen molar-refractivity contribution in [1.82, 2.24) is 0 Å². The van der Waals surface area contributed by atoms with Crippen LogP contribution in [-0.2, 0) is 9.59 Å². The maximum absolute atomic E-state index is 12.7. The molecule has 0 N–H and O–H groups in total. The van der Waals surface area contributed by atoms with Crippen molar-refractivity contribution in [2.24, 2.45) is 16.7 Å². The Morgan fingerprint density at radius 3 is 2.35 bits per heavy atom. The van der Waals surface area contributed by atoms with E-state index in [1.807, 2.05) is 19.9 Å². The number of Topliss-reactive ketones (excluding diaryl/α,β-unsaturated/α-hetero) is 2. The second-order valence-corrected chi connectivity index (χ2v) is 6.23. The van der Waals surface area contributed by atoms with E-state index in [0.717, 1.165) is 5.57 Å². The zero-order valence-corrected chi connectivity index (χ0v) is 13.0. The molecular formula is C18H26O2. The number of carbonyl (C=O) groups excluding carboxylic acids is 2. The Balaban J connectivity index is 3.46. The van der Waals surface area contributed by atoms with Gasteiger partial charge in [0.25, 0.3) is 0 Å². The normalized spacial score (nSPS) is 33.0. The molecule has 0 aromatic carbocycles. The van der Waals surface area contributed by atoms with Gasteiger partial charge in [0.15, 0.2) is 0 Å². The van der Waals surface area contributed by atoms with Gasteiger partial charge in [-0.2, -0.15) is 0 Å². The number of rotatable bonds is 7. The second-order valence-electron chi connectivity index (χ2n) is 6.23. The van der Waals surface area contributed by atoms with Crippen LogP contribution in [0.3, 0.4) is 0 Å². The van der Waals surface area contributed by atoms with Crippen LogP contribution < -0.4 is 0 Å². The second kappa shape index (κ2) is 5.90. The number of hydrogen-bond acceptors (Lipinski definition) is 2. The van der Waals surface area contributed by atoms with Gasteiger partial charge in [-0.25, -0.2) is 0 Å². The van der Waals surface area contributed by atoms with Gasteiger partial charge in [-0.1, -0.05) is 31.2 Å². The molecule has 0 bridgehead atoms. The van der Waals surface area contributed by atoms with E-state index in [9.17, 15) is 9.59 Å². The van der Waals surface area contributed by atoms with Crippen molar-refractivity contribution in [2.75, 3.05) is 0 Å². The molecule has 0 amide bonds. The molecule has 1 aliphatic carbocycles. The summed E-state index contributed by atoms with van der Waals surface area (Å²) < 4.78 is 0. The topological polar surface area (TPSA) is 34.1 Å². The highest BCUT2D eigenvalue weighted by Gasteiger charge is 2.63. The lowest BCUT2D eigenvalue weighted by Crippen LogP contribution is -2.47. The minimum atomic E-state index is -0.918. The average Bonchev–Trinajstić information content (AvgIpc) is 2.57. The van der Waals surface area contributed by atoms with Gasteiger partial charge >= 0.3 is 0 Å². The number of ketones is 2. The van der Waals surface area contributed by atoms with E-state index in [2.05, 4.69) is 19.7 Å². The molecule has 2 heteroatoms. The quantitative estimate of drug-likeness (QED) is 0.513. The first-order valence-electron chi connectivity index (χ1n) is 7.19. The summed E-state index contributed by atoms with van der Waals surface area (Å²) in [6.45, 7) is 17.1. The Bertz CT molecular complexity index is 460. The fourth-order valence-corrected chi connectivity index (χ4v) is 4.05. The zero-order valence-electron chi connectivity index (χ0n) is 13.0. The van der Waals surface area contributed by atoms with E-state index in [4.69, 9.17) is 0 Å². The molecule has 1 rings (SSSR count). The molecule has 0 saturated heterocycles. The van der Waals surface area contributed by atoms with Gasteiger partial charge in [0.2, 0.25) is 0 Å². The summed E-state index contributed by atoms with van der Waals surface area (Å²) in [5, 5.41) is 0. The average molecular weight is 274 g/mol. The predicted molar refractivity (Wildman–Crippen MR) is 83.4 cm³/mol. The summed E-state index contributed by atoms with van der Waals surface area (Å²) in [5.74, 6) is 0.0726. The van der Waals surface area contributed by atoms with Crippen molar-refractivity contribution >= 4 is 11.6 Å². The summed E-state index contributed by atoms with van der Waals surface area (Å²) in [5.41, 5.74) is -0.365. The minimum absolute atomic E-state index is 0.0301. The van der Waals surface area contributed by atoms with Gasteiger partial charge < -0.3 is 0 Å². The molecule has 0 unspecified atom stereocenters. The third kappa shape index (κ3) is 2.21. The molecule has 0 aromatic heterocycles. The van der Waals surface area contributed by atoms with Crippen molar-refractivity contribution in [2.45, 2.75) is 46.5 Å². The third-order valence-corrected chi connectivity index (χ3v) is 5.10. The zero-order chi connectivity index (χ0) is 15.6. The summed E-state index contributed by atoms with van der Waals surface area (Å²) in [6, 6.07) is 0. The number of allylic oxidation sites excluding steroid dienone is 3. The van der Waals surface area contributed by atoms with Gasteiger partial charge in [-0.05, 0) is 44.4 Å². The predicted octanol–water partition coefficient (Wildman–Crippen LogP) is 4.28. The Labute approximate surface area is 122 Å². The van der Waals surface area contributed by atoms with Gasteiger partial charge in [-0.15, -0.1) is 13.2 Å². The highest BCUT2D eigenvalue weighted by atomic mass is 16.2. The molecule has 0 heterocycles. The SMILES string of the molecule is C=CCC[C@@]1(C(C)=O)C(=O)C[C@@H](C(=C)C)[C@]1(C)CC=C.